The van der Waals surface area contributed by atoms with E-state index < -0.39 is 5.92 Å². The molecule has 0 amide bonds. The van der Waals surface area contributed by atoms with Gasteiger partial charge in [-0.25, -0.2) is 4.98 Å². The number of carbonyl (C=O) groups excluding carboxylic acids is 1. The van der Waals surface area contributed by atoms with Crippen LogP contribution >= 0.6 is 0 Å². The molecule has 0 fully saturated rings. The Labute approximate surface area is 170 Å². The van der Waals surface area contributed by atoms with Crippen LogP contribution in [0.15, 0.2) is 53.1 Å². The number of oxazole rings is 1. The summed E-state index contributed by atoms with van der Waals surface area (Å²) in [5, 5.41) is 0. The maximum Gasteiger partial charge on any atom is 0.226 e. The molecular weight excluding hydrogens is 370 g/mol. The second-order valence-electron chi connectivity index (χ2n) is 6.90. The number of rotatable bonds is 8. The van der Waals surface area contributed by atoms with Crippen molar-refractivity contribution in [3.63, 3.8) is 0 Å². The molecule has 1 heterocycles. The van der Waals surface area contributed by atoms with Gasteiger partial charge in [0.05, 0.1) is 31.9 Å². The molecule has 6 heteroatoms. The first kappa shape index (κ1) is 20.5. The molecule has 6 nitrogen and oxygen atoms in total. The van der Waals surface area contributed by atoms with E-state index in [0.717, 1.165) is 11.1 Å². The van der Waals surface area contributed by atoms with E-state index >= 15 is 0 Å². The van der Waals surface area contributed by atoms with Crippen LogP contribution in [0.5, 0.6) is 17.2 Å². The third-order valence-corrected chi connectivity index (χ3v) is 4.45. The van der Waals surface area contributed by atoms with Crippen molar-refractivity contribution in [2.45, 2.75) is 32.8 Å². The van der Waals surface area contributed by atoms with Gasteiger partial charge in [-0.05, 0) is 45.0 Å². The fourth-order valence-electron chi connectivity index (χ4n) is 3.20. The summed E-state index contributed by atoms with van der Waals surface area (Å²) in [6.45, 7) is 5.42. The zero-order valence-electron chi connectivity index (χ0n) is 17.3. The molecule has 3 rings (SSSR count). The van der Waals surface area contributed by atoms with E-state index in [9.17, 15) is 4.79 Å². The minimum Gasteiger partial charge on any atom is -0.496 e. The zero-order chi connectivity index (χ0) is 21.0. The summed E-state index contributed by atoms with van der Waals surface area (Å²) in [5.74, 6) is 1.64. The average Bonchev–Trinajstić information content (AvgIpc) is 3.17. The molecule has 29 heavy (non-hydrogen) atoms. The van der Waals surface area contributed by atoms with E-state index in [1.54, 1.807) is 20.3 Å². The first-order valence-electron chi connectivity index (χ1n) is 9.38. The van der Waals surface area contributed by atoms with Gasteiger partial charge >= 0.3 is 0 Å². The van der Waals surface area contributed by atoms with Crippen molar-refractivity contribution in [1.82, 2.24) is 4.98 Å². The highest BCUT2D eigenvalue weighted by atomic mass is 16.5. The van der Waals surface area contributed by atoms with Gasteiger partial charge in [-0.3, -0.25) is 4.79 Å². The van der Waals surface area contributed by atoms with Gasteiger partial charge in [0.15, 0.2) is 11.5 Å². The topological polar surface area (TPSA) is 70.8 Å². The lowest BCUT2D eigenvalue weighted by Crippen LogP contribution is -2.12. The van der Waals surface area contributed by atoms with Crippen LogP contribution in [0.2, 0.25) is 0 Å². The number of ketones is 1. The van der Waals surface area contributed by atoms with Crippen LogP contribution in [0, 0.1) is 0 Å². The average molecular weight is 395 g/mol. The van der Waals surface area contributed by atoms with Gasteiger partial charge in [-0.1, -0.05) is 18.2 Å². The van der Waals surface area contributed by atoms with E-state index in [-0.39, 0.29) is 11.9 Å². The summed E-state index contributed by atoms with van der Waals surface area (Å²) in [7, 11) is 3.17. The number of ether oxygens (including phenoxy) is 3. The number of Topliss-reactive ketones (excluding diaryl/α,β-unsaturated/α-hetero) is 1. The predicted molar refractivity (Wildman–Crippen MR) is 110 cm³/mol. The summed E-state index contributed by atoms with van der Waals surface area (Å²) in [5.41, 5.74) is 2.01. The number of para-hydroxylation sites is 1. The third-order valence-electron chi connectivity index (χ3n) is 4.45. The maximum atomic E-state index is 12.4. The lowest BCUT2D eigenvalue weighted by molar-refractivity contribution is -0.117. The molecule has 1 atom stereocenters. The molecule has 0 aliphatic carbocycles. The smallest absolute Gasteiger partial charge is 0.226 e. The largest absolute Gasteiger partial charge is 0.496 e. The van der Waals surface area contributed by atoms with Gasteiger partial charge in [0, 0.05) is 11.1 Å². The molecule has 3 aromatic rings. The van der Waals surface area contributed by atoms with Crippen LogP contribution in [-0.2, 0) is 4.79 Å². The molecule has 0 radical (unpaired) electrons. The monoisotopic (exact) mass is 395 g/mol. The van der Waals surface area contributed by atoms with Gasteiger partial charge < -0.3 is 18.6 Å². The Morgan fingerprint density at radius 2 is 1.72 bits per heavy atom. The van der Waals surface area contributed by atoms with Crippen molar-refractivity contribution >= 4 is 5.78 Å². The molecule has 0 spiro atoms. The van der Waals surface area contributed by atoms with Crippen molar-refractivity contribution in [3.8, 4) is 28.7 Å². The minimum absolute atomic E-state index is 0.00749. The Kier molecular flexibility index (Phi) is 6.22. The number of carbonyl (C=O) groups is 1. The predicted octanol–water partition coefficient (Wildman–Crippen LogP) is 4.87. The van der Waals surface area contributed by atoms with Gasteiger partial charge in [0.1, 0.15) is 17.8 Å². The number of nitrogens with zero attached hydrogens (tertiary/aromatic N) is 1. The van der Waals surface area contributed by atoms with Gasteiger partial charge in [0.2, 0.25) is 5.89 Å². The highest BCUT2D eigenvalue weighted by Crippen LogP contribution is 2.36. The molecule has 0 bridgehead atoms. The Morgan fingerprint density at radius 3 is 2.38 bits per heavy atom. The molecule has 1 aromatic heterocycles. The SMILES string of the molecule is COc1ccc(-c2nc(C(C(C)=O)c3ccccc3OC)co2)cc1OC(C)C. The second kappa shape index (κ2) is 8.82. The summed E-state index contributed by atoms with van der Waals surface area (Å²) in [6.07, 6.45) is 1.51. The van der Waals surface area contributed by atoms with Crippen molar-refractivity contribution < 1.29 is 23.4 Å². The Hall–Kier alpha value is -3.28. The first-order chi connectivity index (χ1) is 13.9. The fourth-order valence-corrected chi connectivity index (χ4v) is 3.20. The summed E-state index contributed by atoms with van der Waals surface area (Å²) < 4.78 is 22.3. The summed E-state index contributed by atoms with van der Waals surface area (Å²) in [4.78, 5) is 17.0. The fraction of sp³-hybridized carbons (Fsp3) is 0.304. The molecule has 0 saturated carbocycles. The first-order valence-corrected chi connectivity index (χ1v) is 9.38. The van der Waals surface area contributed by atoms with Crippen LogP contribution in [0.25, 0.3) is 11.5 Å². The number of hydrogen-bond acceptors (Lipinski definition) is 6. The quantitative estimate of drug-likeness (QED) is 0.542. The number of aromatic nitrogens is 1. The van der Waals surface area contributed by atoms with E-state index in [0.29, 0.717) is 28.8 Å². The normalized spacial score (nSPS) is 11.9. The number of benzene rings is 2. The number of hydrogen-bond donors (Lipinski definition) is 0. The second-order valence-corrected chi connectivity index (χ2v) is 6.90. The molecule has 0 aliphatic heterocycles. The van der Waals surface area contributed by atoms with E-state index in [2.05, 4.69) is 4.98 Å². The Bertz CT molecular complexity index is 992. The molecule has 0 aliphatic rings. The molecule has 0 saturated heterocycles. The van der Waals surface area contributed by atoms with Crippen LogP contribution in [0.4, 0.5) is 0 Å². The van der Waals surface area contributed by atoms with Crippen molar-refractivity contribution in [1.29, 1.82) is 0 Å². The molecule has 0 N–H and O–H groups in total. The van der Waals surface area contributed by atoms with Gasteiger partial charge in [-0.15, -0.1) is 0 Å². The standard InChI is InChI=1S/C23H25NO5/c1-14(2)29-21-12-16(10-11-20(21)27-5)23-24-18(13-28-23)22(15(3)25)17-8-6-7-9-19(17)26-4/h6-14,22H,1-5H3. The molecule has 2 aromatic carbocycles. The van der Waals surface area contributed by atoms with E-state index in [1.807, 2.05) is 50.2 Å². The minimum atomic E-state index is -0.576. The van der Waals surface area contributed by atoms with Crippen LogP contribution in [0.1, 0.15) is 37.9 Å². The van der Waals surface area contributed by atoms with Crippen molar-refractivity contribution in [2.75, 3.05) is 14.2 Å². The van der Waals surface area contributed by atoms with Gasteiger partial charge in [0.25, 0.3) is 0 Å². The van der Waals surface area contributed by atoms with Crippen molar-refractivity contribution in [2.24, 2.45) is 0 Å². The van der Waals surface area contributed by atoms with E-state index in [4.69, 9.17) is 18.6 Å². The lowest BCUT2D eigenvalue weighted by Gasteiger charge is -2.15. The Balaban J connectivity index is 2.00. The van der Waals surface area contributed by atoms with Gasteiger partial charge in [-0.2, -0.15) is 0 Å². The highest BCUT2D eigenvalue weighted by Gasteiger charge is 2.26. The van der Waals surface area contributed by atoms with Crippen LogP contribution in [0.3, 0.4) is 0 Å². The Morgan fingerprint density at radius 1 is 1.00 bits per heavy atom. The van der Waals surface area contributed by atoms with E-state index in [1.165, 1.54) is 13.2 Å². The van der Waals surface area contributed by atoms with Crippen molar-refractivity contribution in [3.05, 3.63) is 60.0 Å². The lowest BCUT2D eigenvalue weighted by atomic mass is 9.92. The summed E-state index contributed by atoms with van der Waals surface area (Å²) in [6, 6.07) is 12.9. The summed E-state index contributed by atoms with van der Waals surface area (Å²) >= 11 is 0. The van der Waals surface area contributed by atoms with Crippen LogP contribution in [-0.4, -0.2) is 31.1 Å². The molecule has 152 valence electrons. The molecular formula is C23H25NO5. The third kappa shape index (κ3) is 4.42. The molecule has 1 unspecified atom stereocenters. The zero-order valence-corrected chi connectivity index (χ0v) is 17.3. The number of methoxy groups -OCH3 is 2. The maximum absolute atomic E-state index is 12.4. The van der Waals surface area contributed by atoms with Crippen LogP contribution < -0.4 is 14.2 Å². The highest BCUT2D eigenvalue weighted by molar-refractivity contribution is 5.87.